The molecule has 0 unspecified atom stereocenters. The van der Waals surface area contributed by atoms with E-state index < -0.39 is 0 Å². The van der Waals surface area contributed by atoms with Gasteiger partial charge in [-0.15, -0.1) is 0 Å². The van der Waals surface area contributed by atoms with Gasteiger partial charge in [0.15, 0.2) is 5.84 Å². The molecule has 0 amide bonds. The Morgan fingerprint density at radius 1 is 1.38 bits per heavy atom. The molecule has 0 atom stereocenters. The monoisotopic (exact) mass is 330 g/mol. The van der Waals surface area contributed by atoms with E-state index in [0.29, 0.717) is 11.5 Å². The van der Waals surface area contributed by atoms with Crippen molar-refractivity contribution in [2.75, 3.05) is 33.4 Å². The summed E-state index contributed by atoms with van der Waals surface area (Å²) in [5.41, 5.74) is 14.1. The number of morpholine rings is 1. The maximum absolute atomic E-state index is 5.87. The Labute approximate surface area is 143 Å². The van der Waals surface area contributed by atoms with Gasteiger partial charge in [0.1, 0.15) is 5.82 Å². The number of hydrogen-bond acceptors (Lipinski definition) is 6. The summed E-state index contributed by atoms with van der Waals surface area (Å²) >= 11 is 0. The molecule has 7 heteroatoms. The number of rotatable bonds is 6. The van der Waals surface area contributed by atoms with E-state index in [9.17, 15) is 0 Å². The molecule has 1 aliphatic heterocycles. The normalized spacial score (nSPS) is 19.3. The largest absolute Gasteiger partial charge is 0.403 e. The van der Waals surface area contributed by atoms with E-state index in [1.807, 2.05) is 12.2 Å². The van der Waals surface area contributed by atoms with Crippen LogP contribution in [0.4, 0.5) is 0 Å². The Balaban J connectivity index is 2.01. The number of likely N-dealkylation sites (N-methyl/N-ethyl adjacent to an activating group) is 1. The number of ether oxygens (including phenoxy) is 1. The van der Waals surface area contributed by atoms with Crippen molar-refractivity contribution < 1.29 is 4.74 Å². The number of nitrogens with two attached hydrogens (primary N) is 2. The molecule has 6 N–H and O–H groups in total. The molecule has 0 aromatic heterocycles. The van der Waals surface area contributed by atoms with Gasteiger partial charge >= 0.3 is 0 Å². The van der Waals surface area contributed by atoms with Crippen LogP contribution in [0.5, 0.6) is 0 Å². The molecule has 2 rings (SSSR count). The highest BCUT2D eigenvalue weighted by molar-refractivity contribution is 5.96. The van der Waals surface area contributed by atoms with Gasteiger partial charge < -0.3 is 31.7 Å². The van der Waals surface area contributed by atoms with E-state index in [-0.39, 0.29) is 5.84 Å². The third-order valence-electron chi connectivity index (χ3n) is 3.75. The van der Waals surface area contributed by atoms with Gasteiger partial charge in [0, 0.05) is 44.2 Å². The van der Waals surface area contributed by atoms with Crippen molar-refractivity contribution in [2.24, 2.45) is 16.5 Å². The lowest BCUT2D eigenvalue weighted by Gasteiger charge is -2.30. The lowest BCUT2D eigenvalue weighted by molar-refractivity contribution is 0.0528. The molecule has 0 spiro atoms. The van der Waals surface area contributed by atoms with Gasteiger partial charge in [-0.05, 0) is 18.2 Å². The maximum Gasteiger partial charge on any atom is 0.150 e. The third kappa shape index (κ3) is 4.92. The van der Waals surface area contributed by atoms with E-state index in [4.69, 9.17) is 16.2 Å². The zero-order valence-electron chi connectivity index (χ0n) is 14.1. The first-order valence-electron chi connectivity index (χ1n) is 7.94. The van der Waals surface area contributed by atoms with E-state index in [1.165, 1.54) is 11.9 Å². The Kier molecular flexibility index (Phi) is 6.51. The smallest absolute Gasteiger partial charge is 0.150 e. The topological polar surface area (TPSA) is 101 Å². The number of nitrogens with zero attached hydrogens (tertiary/aromatic N) is 2. The molecule has 7 nitrogen and oxygen atoms in total. The molecule has 0 bridgehead atoms. The van der Waals surface area contributed by atoms with Crippen molar-refractivity contribution in [3.8, 4) is 0 Å². The Morgan fingerprint density at radius 3 is 2.79 bits per heavy atom. The minimum atomic E-state index is 0.278. The molecular formula is C17H26N6O. The lowest BCUT2D eigenvalue weighted by atomic mass is 10.2. The fraction of sp³-hybridized carbons (Fsp3) is 0.353. The van der Waals surface area contributed by atoms with Crippen molar-refractivity contribution in [2.45, 2.75) is 6.42 Å². The number of nitrogens with one attached hydrogen (secondary N) is 2. The molecule has 0 aromatic carbocycles. The van der Waals surface area contributed by atoms with Crippen LogP contribution in [0.25, 0.3) is 0 Å². The summed E-state index contributed by atoms with van der Waals surface area (Å²) in [5.74, 6) is 0.724. The average Bonchev–Trinajstić information content (AvgIpc) is 2.82. The molecule has 1 heterocycles. The molecular weight excluding hydrogens is 304 g/mol. The zero-order chi connectivity index (χ0) is 17.4. The second-order valence-electron chi connectivity index (χ2n) is 5.39. The second kappa shape index (κ2) is 8.83. The predicted molar refractivity (Wildman–Crippen MR) is 97.5 cm³/mol. The first-order chi connectivity index (χ1) is 11.6. The quantitative estimate of drug-likeness (QED) is 0.418. The fourth-order valence-electron chi connectivity index (χ4n) is 2.48. The summed E-state index contributed by atoms with van der Waals surface area (Å²) in [6, 6.07) is 0. The molecule has 24 heavy (non-hydrogen) atoms. The van der Waals surface area contributed by atoms with Crippen LogP contribution in [0.15, 0.2) is 65.0 Å². The maximum atomic E-state index is 5.87. The molecule has 0 radical (unpaired) electrons. The molecule has 0 aromatic rings. The second-order valence-corrected chi connectivity index (χ2v) is 5.39. The van der Waals surface area contributed by atoms with Crippen molar-refractivity contribution in [3.63, 3.8) is 0 Å². The predicted octanol–water partition coefficient (Wildman–Crippen LogP) is 0.484. The van der Waals surface area contributed by atoms with Crippen LogP contribution in [0.1, 0.15) is 6.42 Å². The summed E-state index contributed by atoms with van der Waals surface area (Å²) in [4.78, 5) is 6.56. The summed E-state index contributed by atoms with van der Waals surface area (Å²) in [7, 11) is 1.73. The zero-order valence-corrected chi connectivity index (χ0v) is 14.1. The highest BCUT2D eigenvalue weighted by Gasteiger charge is 2.13. The van der Waals surface area contributed by atoms with E-state index >= 15 is 0 Å². The number of hydrogen-bond donors (Lipinski definition) is 4. The van der Waals surface area contributed by atoms with Crippen LogP contribution in [-0.2, 0) is 4.74 Å². The fourth-order valence-corrected chi connectivity index (χ4v) is 2.48. The molecule has 0 saturated carbocycles. The highest BCUT2D eigenvalue weighted by Crippen LogP contribution is 2.16. The Morgan fingerprint density at radius 2 is 2.12 bits per heavy atom. The van der Waals surface area contributed by atoms with E-state index in [2.05, 4.69) is 39.3 Å². The van der Waals surface area contributed by atoms with Gasteiger partial charge in [0.05, 0.1) is 18.9 Å². The van der Waals surface area contributed by atoms with Gasteiger partial charge in [-0.1, -0.05) is 12.7 Å². The van der Waals surface area contributed by atoms with Crippen molar-refractivity contribution in [3.05, 3.63) is 60.0 Å². The van der Waals surface area contributed by atoms with Crippen molar-refractivity contribution >= 4 is 5.84 Å². The molecule has 130 valence electrons. The van der Waals surface area contributed by atoms with E-state index in [1.54, 1.807) is 7.05 Å². The lowest BCUT2D eigenvalue weighted by Crippen LogP contribution is -2.35. The van der Waals surface area contributed by atoms with Gasteiger partial charge in [0.25, 0.3) is 0 Å². The average molecular weight is 330 g/mol. The highest BCUT2D eigenvalue weighted by atomic mass is 16.5. The summed E-state index contributed by atoms with van der Waals surface area (Å²) in [6.07, 6.45) is 10.5. The number of allylic oxidation sites excluding steroid dienone is 4. The van der Waals surface area contributed by atoms with E-state index in [0.717, 1.165) is 38.4 Å². The van der Waals surface area contributed by atoms with Crippen molar-refractivity contribution in [1.29, 1.82) is 0 Å². The molecule has 1 aliphatic carbocycles. The summed E-state index contributed by atoms with van der Waals surface area (Å²) in [6.45, 7) is 7.31. The summed E-state index contributed by atoms with van der Waals surface area (Å²) in [5, 5.41) is 6.02. The molecule has 1 fully saturated rings. The Bertz CT molecular complexity index is 609. The van der Waals surface area contributed by atoms with Crippen LogP contribution < -0.4 is 22.1 Å². The number of aliphatic imine (C=N–C) groups is 1. The first kappa shape index (κ1) is 17.7. The van der Waals surface area contributed by atoms with Gasteiger partial charge in [-0.3, -0.25) is 0 Å². The SMILES string of the molecule is C=C(/N=C(N)\C(=C\N)NC)NC1=CC=C(N2CCOCC2)CC=C1. The molecule has 2 aliphatic rings. The Hall–Kier alpha value is -2.67. The minimum absolute atomic E-state index is 0.278. The van der Waals surface area contributed by atoms with Gasteiger partial charge in [-0.25, -0.2) is 4.99 Å². The minimum Gasteiger partial charge on any atom is -0.403 e. The summed E-state index contributed by atoms with van der Waals surface area (Å²) < 4.78 is 5.40. The third-order valence-corrected chi connectivity index (χ3v) is 3.75. The van der Waals surface area contributed by atoms with Gasteiger partial charge in [-0.2, -0.15) is 0 Å². The van der Waals surface area contributed by atoms with Crippen LogP contribution >= 0.6 is 0 Å². The van der Waals surface area contributed by atoms with Crippen LogP contribution in [0.3, 0.4) is 0 Å². The standard InChI is InChI=1S/C17H26N6O/c1-13(22-17(19)16(12-18)20-2)21-14-4-3-5-15(7-6-14)23-8-10-24-11-9-23/h3-4,6-7,12,20-21H,1,5,8-11,18H2,2H3,(H2,19,22)/b16-12-. The van der Waals surface area contributed by atoms with Crippen LogP contribution in [0.2, 0.25) is 0 Å². The van der Waals surface area contributed by atoms with Crippen LogP contribution in [0, 0.1) is 0 Å². The first-order valence-corrected chi connectivity index (χ1v) is 7.94. The number of amidine groups is 1. The van der Waals surface area contributed by atoms with Crippen LogP contribution in [-0.4, -0.2) is 44.1 Å². The van der Waals surface area contributed by atoms with Gasteiger partial charge in [0.2, 0.25) is 0 Å². The molecule has 1 saturated heterocycles. The van der Waals surface area contributed by atoms with Crippen molar-refractivity contribution in [1.82, 2.24) is 15.5 Å².